The monoisotopic (exact) mass is 333 g/mol. The minimum absolute atomic E-state index is 0.0436. The topological polar surface area (TPSA) is 76.1 Å². The Balaban J connectivity index is 3.05. The first-order valence-electron chi connectivity index (χ1n) is 6.38. The summed E-state index contributed by atoms with van der Waals surface area (Å²) in [5.74, 6) is -2.12. The van der Waals surface area contributed by atoms with Gasteiger partial charge in [0, 0.05) is 17.2 Å². The third-order valence-electron chi connectivity index (χ3n) is 2.32. The number of benzene rings is 1. The number of rotatable bonds is 4. The quantitative estimate of drug-likeness (QED) is 0.854. The lowest BCUT2D eigenvalue weighted by Gasteiger charge is -2.29. The predicted molar refractivity (Wildman–Crippen MR) is 77.2 cm³/mol. The molecule has 1 aromatic carbocycles. The highest BCUT2D eigenvalue weighted by atomic mass is 35.5. The summed E-state index contributed by atoms with van der Waals surface area (Å²) in [5.41, 5.74) is -0.851. The van der Waals surface area contributed by atoms with E-state index in [4.69, 9.17) is 26.3 Å². The van der Waals surface area contributed by atoms with E-state index < -0.39 is 29.5 Å². The Morgan fingerprint density at radius 1 is 1.32 bits per heavy atom. The number of hydrogen-bond acceptors (Lipinski definition) is 4. The zero-order chi connectivity index (χ0) is 17.1. The van der Waals surface area contributed by atoms with Gasteiger partial charge in [-0.15, -0.1) is 5.06 Å². The van der Waals surface area contributed by atoms with Crippen LogP contribution < -0.4 is 4.84 Å². The Bertz CT molecular complexity index is 553. The second kappa shape index (κ2) is 6.83. The third-order valence-corrected chi connectivity index (χ3v) is 2.54. The van der Waals surface area contributed by atoms with Crippen LogP contribution in [0.1, 0.15) is 27.7 Å². The molecule has 8 heteroatoms. The van der Waals surface area contributed by atoms with Crippen LogP contribution in [-0.2, 0) is 9.53 Å². The molecule has 0 spiro atoms. The molecule has 0 fully saturated rings. The molecule has 1 rings (SSSR count). The highest BCUT2D eigenvalue weighted by Gasteiger charge is 2.32. The molecule has 0 heterocycles. The van der Waals surface area contributed by atoms with Crippen molar-refractivity contribution in [1.29, 1.82) is 0 Å². The van der Waals surface area contributed by atoms with Crippen LogP contribution in [0.2, 0.25) is 5.02 Å². The number of aliphatic carboxylic acids is 1. The van der Waals surface area contributed by atoms with E-state index in [1.54, 1.807) is 20.8 Å². The van der Waals surface area contributed by atoms with Crippen LogP contribution in [0.15, 0.2) is 18.2 Å². The first kappa shape index (κ1) is 18.0. The number of halogens is 2. The largest absolute Gasteiger partial charge is 0.480 e. The van der Waals surface area contributed by atoms with E-state index in [1.807, 2.05) is 0 Å². The number of carboxylic acids is 1. The lowest BCUT2D eigenvalue weighted by atomic mass is 10.2. The van der Waals surface area contributed by atoms with Crippen molar-refractivity contribution in [3.05, 3.63) is 29.0 Å². The Morgan fingerprint density at radius 2 is 1.91 bits per heavy atom. The lowest BCUT2D eigenvalue weighted by molar-refractivity contribution is -0.156. The van der Waals surface area contributed by atoms with Gasteiger partial charge in [-0.2, -0.15) is 0 Å². The van der Waals surface area contributed by atoms with E-state index in [0.29, 0.717) is 5.06 Å². The summed E-state index contributed by atoms with van der Waals surface area (Å²) < 4.78 is 18.4. The third kappa shape index (κ3) is 5.40. The minimum Gasteiger partial charge on any atom is -0.480 e. The number of amides is 1. The number of ether oxygens (including phenoxy) is 1. The molecule has 0 bridgehead atoms. The normalized spacial score (nSPS) is 12.5. The van der Waals surface area contributed by atoms with Gasteiger partial charge in [-0.1, -0.05) is 11.6 Å². The number of carboxylic acid groups (broad SMARTS) is 1. The summed E-state index contributed by atoms with van der Waals surface area (Å²) in [6.07, 6.45) is -1.01. The molecule has 0 aliphatic rings. The molecular formula is C14H17ClFNO5. The molecule has 0 saturated heterocycles. The highest BCUT2D eigenvalue weighted by molar-refractivity contribution is 6.30. The first-order valence-corrected chi connectivity index (χ1v) is 6.76. The van der Waals surface area contributed by atoms with Crippen molar-refractivity contribution in [3.8, 4) is 5.75 Å². The standard InChI is InChI=1S/C14H17ClFNO5/c1-8(12(18)19)17(13(20)21-14(2,3)4)22-11-6-9(15)5-10(16)7-11/h5-8H,1-4H3,(H,18,19)/t8-/m0/s1. The van der Waals surface area contributed by atoms with Crippen LogP contribution in [0.25, 0.3) is 0 Å². The van der Waals surface area contributed by atoms with Gasteiger partial charge in [0.2, 0.25) is 0 Å². The van der Waals surface area contributed by atoms with Crippen LogP contribution in [0, 0.1) is 5.82 Å². The van der Waals surface area contributed by atoms with Crippen LogP contribution >= 0.6 is 11.6 Å². The minimum atomic E-state index is -1.35. The molecule has 0 radical (unpaired) electrons. The molecule has 22 heavy (non-hydrogen) atoms. The van der Waals surface area contributed by atoms with E-state index in [-0.39, 0.29) is 10.8 Å². The predicted octanol–water partition coefficient (Wildman–Crippen LogP) is 3.48. The zero-order valence-electron chi connectivity index (χ0n) is 12.6. The van der Waals surface area contributed by atoms with Gasteiger partial charge in [0.1, 0.15) is 11.4 Å². The molecule has 0 saturated carbocycles. The summed E-state index contributed by atoms with van der Waals surface area (Å²) in [6.45, 7) is 6.09. The summed E-state index contributed by atoms with van der Waals surface area (Å²) >= 11 is 5.69. The Kier molecular flexibility index (Phi) is 5.59. The average Bonchev–Trinajstić information content (AvgIpc) is 2.31. The van der Waals surface area contributed by atoms with Crippen molar-refractivity contribution >= 4 is 23.7 Å². The Morgan fingerprint density at radius 3 is 2.36 bits per heavy atom. The van der Waals surface area contributed by atoms with E-state index in [1.165, 1.54) is 13.0 Å². The SMILES string of the molecule is C[C@@H](C(=O)O)N(Oc1cc(F)cc(Cl)c1)C(=O)OC(C)(C)C. The van der Waals surface area contributed by atoms with E-state index in [2.05, 4.69) is 0 Å². The number of hydroxylamine groups is 2. The van der Waals surface area contributed by atoms with Gasteiger partial charge >= 0.3 is 12.1 Å². The number of carbonyl (C=O) groups excluding carboxylic acids is 1. The molecule has 6 nitrogen and oxygen atoms in total. The van der Waals surface area contributed by atoms with E-state index in [0.717, 1.165) is 12.1 Å². The van der Waals surface area contributed by atoms with Crippen molar-refractivity contribution < 1.29 is 28.7 Å². The fourth-order valence-corrected chi connectivity index (χ4v) is 1.59. The van der Waals surface area contributed by atoms with Crippen molar-refractivity contribution in [3.63, 3.8) is 0 Å². The molecule has 0 aromatic heterocycles. The fourth-order valence-electron chi connectivity index (χ4n) is 1.38. The number of hydrogen-bond donors (Lipinski definition) is 1. The second-order valence-electron chi connectivity index (χ2n) is 5.52. The Labute approximate surface area is 132 Å². The van der Waals surface area contributed by atoms with Crippen LogP contribution in [-0.4, -0.2) is 33.9 Å². The van der Waals surface area contributed by atoms with E-state index >= 15 is 0 Å². The maximum absolute atomic E-state index is 13.3. The van der Waals surface area contributed by atoms with Gasteiger partial charge in [0.05, 0.1) is 0 Å². The van der Waals surface area contributed by atoms with Gasteiger partial charge in [-0.05, 0) is 33.8 Å². The van der Waals surface area contributed by atoms with Crippen LogP contribution in [0.3, 0.4) is 0 Å². The van der Waals surface area contributed by atoms with Gasteiger partial charge < -0.3 is 14.7 Å². The van der Waals surface area contributed by atoms with Gasteiger partial charge in [0.25, 0.3) is 0 Å². The fraction of sp³-hybridized carbons (Fsp3) is 0.429. The number of nitrogens with zero attached hydrogens (tertiary/aromatic N) is 1. The summed E-state index contributed by atoms with van der Waals surface area (Å²) in [5, 5.41) is 9.61. The smallest absolute Gasteiger partial charge is 0.444 e. The number of carbonyl (C=O) groups is 2. The van der Waals surface area contributed by atoms with Crippen molar-refractivity contribution in [2.24, 2.45) is 0 Å². The van der Waals surface area contributed by atoms with E-state index in [9.17, 15) is 14.0 Å². The molecule has 0 unspecified atom stereocenters. The Hall–Kier alpha value is -2.02. The van der Waals surface area contributed by atoms with Gasteiger partial charge in [-0.3, -0.25) is 0 Å². The van der Waals surface area contributed by atoms with Gasteiger partial charge in [0.15, 0.2) is 11.8 Å². The molecule has 0 aliphatic carbocycles. The summed E-state index contributed by atoms with van der Waals surface area (Å²) in [6, 6.07) is 1.92. The maximum atomic E-state index is 13.3. The molecule has 1 N–H and O–H groups in total. The zero-order valence-corrected chi connectivity index (χ0v) is 13.3. The molecule has 1 amide bonds. The molecule has 0 aliphatic heterocycles. The summed E-state index contributed by atoms with van der Waals surface area (Å²) in [7, 11) is 0. The summed E-state index contributed by atoms with van der Waals surface area (Å²) in [4.78, 5) is 28.3. The van der Waals surface area contributed by atoms with Crippen molar-refractivity contribution in [2.75, 3.05) is 0 Å². The molecular weight excluding hydrogens is 317 g/mol. The van der Waals surface area contributed by atoms with Crippen molar-refractivity contribution in [1.82, 2.24) is 5.06 Å². The molecule has 1 aromatic rings. The maximum Gasteiger partial charge on any atom is 0.444 e. The molecule has 122 valence electrons. The average molecular weight is 334 g/mol. The highest BCUT2D eigenvalue weighted by Crippen LogP contribution is 2.22. The van der Waals surface area contributed by atoms with Crippen molar-refractivity contribution in [2.45, 2.75) is 39.3 Å². The lowest BCUT2D eigenvalue weighted by Crippen LogP contribution is -2.47. The molecule has 1 atom stereocenters. The van der Waals surface area contributed by atoms with Crippen LogP contribution in [0.4, 0.5) is 9.18 Å². The van der Waals surface area contributed by atoms with Crippen LogP contribution in [0.5, 0.6) is 5.75 Å². The second-order valence-corrected chi connectivity index (χ2v) is 5.95. The van der Waals surface area contributed by atoms with Gasteiger partial charge in [-0.25, -0.2) is 14.0 Å². The first-order chi connectivity index (χ1) is 9.99.